The minimum Gasteiger partial charge on any atom is -0.142 e. The molecule has 0 amide bonds. The summed E-state index contributed by atoms with van der Waals surface area (Å²) < 4.78 is 2.93. The highest BCUT2D eigenvalue weighted by Crippen LogP contribution is 2.45. The van der Waals surface area contributed by atoms with E-state index in [9.17, 15) is 0 Å². The zero-order valence-electron chi connectivity index (χ0n) is 11.8. The normalized spacial score (nSPS) is 11.6. The summed E-state index contributed by atoms with van der Waals surface area (Å²) in [5, 5.41) is 2.28. The quantitative estimate of drug-likeness (QED) is 0.513. The average molecular weight is 286 g/mol. The molecule has 98 valence electrons. The van der Waals surface area contributed by atoms with Gasteiger partial charge in [-0.05, 0) is 41.8 Å². The lowest BCUT2D eigenvalue weighted by Gasteiger charge is -2.12. The van der Waals surface area contributed by atoms with Crippen molar-refractivity contribution < 1.29 is 0 Å². The maximum absolute atomic E-state index is 2.28. The lowest BCUT2D eigenvalue weighted by atomic mass is 9.93. The summed E-state index contributed by atoms with van der Waals surface area (Å²) in [4.78, 5) is 1.44. The molecule has 0 aliphatic carbocycles. The predicted octanol–water partition coefficient (Wildman–Crippen LogP) is 6.37. The molecule has 0 radical (unpaired) electrons. The molecule has 0 unspecified atom stereocenters. The molecular formula is C17H18S2. The number of fused-ring (bicyclic) bond motifs is 1. The van der Waals surface area contributed by atoms with Crippen LogP contribution in [0.1, 0.15) is 35.8 Å². The highest BCUT2D eigenvalue weighted by Gasteiger charge is 2.17. The van der Waals surface area contributed by atoms with Gasteiger partial charge in [0.15, 0.2) is 0 Å². The van der Waals surface area contributed by atoms with Crippen LogP contribution in [0.15, 0.2) is 29.6 Å². The molecule has 0 atom stereocenters. The van der Waals surface area contributed by atoms with E-state index >= 15 is 0 Å². The summed E-state index contributed by atoms with van der Waals surface area (Å²) in [5.41, 5.74) is 5.75. The van der Waals surface area contributed by atoms with E-state index in [-0.39, 0.29) is 0 Å². The third-order valence-corrected chi connectivity index (χ3v) is 6.09. The Morgan fingerprint density at radius 3 is 2.47 bits per heavy atom. The predicted molar refractivity (Wildman–Crippen MR) is 88.7 cm³/mol. The molecule has 2 heteroatoms. The van der Waals surface area contributed by atoms with Crippen LogP contribution in [0, 0.1) is 13.8 Å². The summed E-state index contributed by atoms with van der Waals surface area (Å²) in [7, 11) is 0. The number of hydrogen-bond donors (Lipinski definition) is 0. The van der Waals surface area contributed by atoms with Gasteiger partial charge in [-0.3, -0.25) is 0 Å². The maximum atomic E-state index is 2.28. The lowest BCUT2D eigenvalue weighted by molar-refractivity contribution is 0.869. The molecule has 0 spiro atoms. The van der Waals surface area contributed by atoms with Crippen molar-refractivity contribution in [3.63, 3.8) is 0 Å². The van der Waals surface area contributed by atoms with Crippen molar-refractivity contribution in [2.24, 2.45) is 0 Å². The van der Waals surface area contributed by atoms with Gasteiger partial charge in [-0.2, -0.15) is 0 Å². The number of aryl methyl sites for hydroxylation is 2. The topological polar surface area (TPSA) is 0 Å². The van der Waals surface area contributed by atoms with Gasteiger partial charge >= 0.3 is 0 Å². The Balaban J connectivity index is 2.33. The minimum atomic E-state index is 0.562. The molecule has 0 aliphatic heterocycles. The highest BCUT2D eigenvalue weighted by molar-refractivity contribution is 7.28. The molecule has 2 aromatic heterocycles. The summed E-state index contributed by atoms with van der Waals surface area (Å²) >= 11 is 3.82. The van der Waals surface area contributed by atoms with E-state index in [1.54, 1.807) is 0 Å². The third kappa shape index (κ3) is 2.03. The monoisotopic (exact) mass is 286 g/mol. The minimum absolute atomic E-state index is 0.562. The van der Waals surface area contributed by atoms with Crippen molar-refractivity contribution in [2.45, 2.75) is 33.6 Å². The second-order valence-electron chi connectivity index (χ2n) is 5.35. The van der Waals surface area contributed by atoms with Crippen LogP contribution in [0.3, 0.4) is 0 Å². The Labute approximate surface area is 122 Å². The average Bonchev–Trinajstić information content (AvgIpc) is 2.89. The SMILES string of the molecule is Cc1sc2c(C)csc2c1-c1ccccc1C(C)C. The molecule has 0 fully saturated rings. The van der Waals surface area contributed by atoms with E-state index in [4.69, 9.17) is 0 Å². The van der Waals surface area contributed by atoms with E-state index < -0.39 is 0 Å². The van der Waals surface area contributed by atoms with Gasteiger partial charge in [0.2, 0.25) is 0 Å². The fraction of sp³-hybridized carbons (Fsp3) is 0.294. The van der Waals surface area contributed by atoms with Crippen LogP contribution < -0.4 is 0 Å². The van der Waals surface area contributed by atoms with Crippen molar-refractivity contribution >= 4 is 32.1 Å². The largest absolute Gasteiger partial charge is 0.142 e. The lowest BCUT2D eigenvalue weighted by Crippen LogP contribution is -1.91. The molecule has 0 aliphatic rings. The van der Waals surface area contributed by atoms with Gasteiger partial charge in [-0.15, -0.1) is 22.7 Å². The molecule has 2 heterocycles. The molecule has 0 nitrogen and oxygen atoms in total. The molecule has 1 aromatic carbocycles. The second-order valence-corrected chi connectivity index (χ2v) is 7.46. The van der Waals surface area contributed by atoms with Crippen LogP contribution in [0.25, 0.3) is 20.5 Å². The molecule has 0 bridgehead atoms. The Kier molecular flexibility index (Phi) is 3.23. The van der Waals surface area contributed by atoms with Crippen LogP contribution >= 0.6 is 22.7 Å². The fourth-order valence-electron chi connectivity index (χ4n) is 2.64. The van der Waals surface area contributed by atoms with Crippen molar-refractivity contribution in [1.82, 2.24) is 0 Å². The fourth-order valence-corrected chi connectivity index (χ4v) is 5.14. The summed E-state index contributed by atoms with van der Waals surface area (Å²) in [6.45, 7) is 9.02. The van der Waals surface area contributed by atoms with Crippen LogP contribution in [0.2, 0.25) is 0 Å². The highest BCUT2D eigenvalue weighted by atomic mass is 32.1. The van der Waals surface area contributed by atoms with Gasteiger partial charge in [-0.25, -0.2) is 0 Å². The first-order valence-electron chi connectivity index (χ1n) is 6.66. The summed E-state index contributed by atoms with van der Waals surface area (Å²) in [6, 6.07) is 8.85. The van der Waals surface area contributed by atoms with Crippen LogP contribution in [-0.4, -0.2) is 0 Å². The second kappa shape index (κ2) is 4.77. The van der Waals surface area contributed by atoms with Gasteiger partial charge in [0.25, 0.3) is 0 Å². The standard InChI is InChI=1S/C17H18S2/c1-10(2)13-7-5-6-8-14(13)15-12(4)19-16-11(3)9-18-17(15)16/h5-10H,1-4H3. The van der Waals surface area contributed by atoms with Gasteiger partial charge in [0.05, 0.1) is 4.70 Å². The molecule has 0 saturated heterocycles. The Morgan fingerprint density at radius 1 is 1.00 bits per heavy atom. The first kappa shape index (κ1) is 12.9. The summed E-state index contributed by atoms with van der Waals surface area (Å²) in [5.74, 6) is 0.562. The number of benzene rings is 1. The molecule has 3 aromatic rings. The van der Waals surface area contributed by atoms with Crippen LogP contribution in [0.4, 0.5) is 0 Å². The van der Waals surface area contributed by atoms with E-state index in [0.717, 1.165) is 0 Å². The zero-order chi connectivity index (χ0) is 13.6. The van der Waals surface area contributed by atoms with E-state index in [2.05, 4.69) is 57.3 Å². The number of rotatable bonds is 2. The molecular weight excluding hydrogens is 268 g/mol. The smallest absolute Gasteiger partial charge is 0.0534 e. The van der Waals surface area contributed by atoms with E-state index in [1.807, 2.05) is 22.7 Å². The maximum Gasteiger partial charge on any atom is 0.0534 e. The van der Waals surface area contributed by atoms with Crippen molar-refractivity contribution in [2.75, 3.05) is 0 Å². The molecule has 0 N–H and O–H groups in total. The van der Waals surface area contributed by atoms with Gasteiger partial charge in [-0.1, -0.05) is 38.1 Å². The van der Waals surface area contributed by atoms with Crippen molar-refractivity contribution in [3.05, 3.63) is 45.6 Å². The van der Waals surface area contributed by atoms with Gasteiger partial charge < -0.3 is 0 Å². The van der Waals surface area contributed by atoms with Crippen LogP contribution in [-0.2, 0) is 0 Å². The van der Waals surface area contributed by atoms with Gasteiger partial charge in [0, 0.05) is 15.1 Å². The molecule has 19 heavy (non-hydrogen) atoms. The third-order valence-electron chi connectivity index (χ3n) is 3.60. The van der Waals surface area contributed by atoms with Crippen LogP contribution in [0.5, 0.6) is 0 Å². The van der Waals surface area contributed by atoms with Crippen molar-refractivity contribution in [3.8, 4) is 11.1 Å². The van der Waals surface area contributed by atoms with E-state index in [0.29, 0.717) is 5.92 Å². The van der Waals surface area contributed by atoms with Crippen molar-refractivity contribution in [1.29, 1.82) is 0 Å². The first-order valence-corrected chi connectivity index (χ1v) is 8.35. The first-order chi connectivity index (χ1) is 9.09. The Hall–Kier alpha value is -1.12. The molecule has 0 saturated carbocycles. The van der Waals surface area contributed by atoms with Gasteiger partial charge in [0.1, 0.15) is 0 Å². The Bertz CT molecular complexity index is 729. The Morgan fingerprint density at radius 2 is 1.74 bits per heavy atom. The van der Waals surface area contributed by atoms with E-state index in [1.165, 1.54) is 36.5 Å². The number of thiophene rings is 2. The zero-order valence-corrected chi connectivity index (χ0v) is 13.4. The number of hydrogen-bond acceptors (Lipinski definition) is 2. The summed E-state index contributed by atoms with van der Waals surface area (Å²) in [6.07, 6.45) is 0. The molecule has 3 rings (SSSR count).